The molecular weight excluding hydrogens is 220 g/mol. The molecule has 0 aromatic heterocycles. The summed E-state index contributed by atoms with van der Waals surface area (Å²) in [6.45, 7) is 4.25. The molecular formula is C13H18ClN2. The van der Waals surface area contributed by atoms with Gasteiger partial charge in [-0.1, -0.05) is 11.6 Å². The molecule has 3 heteroatoms. The van der Waals surface area contributed by atoms with Crippen LogP contribution in [0.25, 0.3) is 0 Å². The van der Waals surface area contributed by atoms with Gasteiger partial charge < -0.3 is 10.6 Å². The third-order valence-electron chi connectivity index (χ3n) is 3.38. The van der Waals surface area contributed by atoms with E-state index >= 15 is 0 Å². The highest BCUT2D eigenvalue weighted by atomic mass is 35.5. The maximum atomic E-state index is 5.93. The lowest BCUT2D eigenvalue weighted by atomic mass is 9.91. The average Bonchev–Trinajstić information content (AvgIpc) is 2.30. The summed E-state index contributed by atoms with van der Waals surface area (Å²) in [4.78, 5) is 2.36. The lowest BCUT2D eigenvalue weighted by molar-refractivity contribution is 0.354. The monoisotopic (exact) mass is 237 g/mol. The van der Waals surface area contributed by atoms with Crippen molar-refractivity contribution in [2.75, 3.05) is 18.0 Å². The zero-order valence-corrected chi connectivity index (χ0v) is 10.4. The van der Waals surface area contributed by atoms with Crippen molar-refractivity contribution in [3.05, 3.63) is 29.3 Å². The van der Waals surface area contributed by atoms with Gasteiger partial charge in [0, 0.05) is 35.9 Å². The van der Waals surface area contributed by atoms with Crippen LogP contribution in [0.3, 0.4) is 0 Å². The number of nitrogens with zero attached hydrogens (tertiary/aromatic N) is 1. The van der Waals surface area contributed by atoms with Gasteiger partial charge in [-0.25, -0.2) is 0 Å². The van der Waals surface area contributed by atoms with Gasteiger partial charge in [0.05, 0.1) is 0 Å². The molecule has 0 amide bonds. The van der Waals surface area contributed by atoms with Gasteiger partial charge in [0.2, 0.25) is 0 Å². The van der Waals surface area contributed by atoms with Crippen molar-refractivity contribution in [3.63, 3.8) is 0 Å². The largest absolute Gasteiger partial charge is 0.371 e. The van der Waals surface area contributed by atoms with Gasteiger partial charge in [0.1, 0.15) is 0 Å². The fourth-order valence-electron chi connectivity index (χ4n) is 2.26. The minimum Gasteiger partial charge on any atom is -0.371 e. The van der Waals surface area contributed by atoms with E-state index in [0.29, 0.717) is 12.0 Å². The standard InChI is InChI=1S/C13H18ClN2/c1-10(15)11-6-8-16(9-7-11)13-4-2-12(14)3-5-13/h2-4,10-11H,6-9,15H2,1H3. The summed E-state index contributed by atoms with van der Waals surface area (Å²) in [5, 5.41) is 0.745. The van der Waals surface area contributed by atoms with Gasteiger partial charge in [-0.3, -0.25) is 0 Å². The Hall–Kier alpha value is -0.730. The first-order valence-corrected chi connectivity index (χ1v) is 6.22. The molecule has 1 aliphatic rings. The van der Waals surface area contributed by atoms with Crippen molar-refractivity contribution in [3.8, 4) is 0 Å². The summed E-state index contributed by atoms with van der Waals surface area (Å²) in [6.07, 6.45) is 2.35. The summed E-state index contributed by atoms with van der Waals surface area (Å²) < 4.78 is 0. The Labute approximate surface area is 102 Å². The Kier molecular flexibility index (Phi) is 3.72. The van der Waals surface area contributed by atoms with Crippen LogP contribution in [0.4, 0.5) is 5.69 Å². The van der Waals surface area contributed by atoms with Crippen molar-refractivity contribution in [2.24, 2.45) is 11.7 Å². The highest BCUT2D eigenvalue weighted by molar-refractivity contribution is 6.30. The van der Waals surface area contributed by atoms with E-state index in [1.54, 1.807) is 0 Å². The highest BCUT2D eigenvalue weighted by Gasteiger charge is 2.21. The highest BCUT2D eigenvalue weighted by Crippen LogP contribution is 2.25. The fourth-order valence-corrected chi connectivity index (χ4v) is 2.38. The van der Waals surface area contributed by atoms with Crippen LogP contribution in [0.5, 0.6) is 0 Å². The average molecular weight is 238 g/mol. The zero-order chi connectivity index (χ0) is 11.5. The molecule has 0 bridgehead atoms. The Morgan fingerprint density at radius 3 is 2.62 bits per heavy atom. The van der Waals surface area contributed by atoms with Crippen molar-refractivity contribution in [2.45, 2.75) is 25.8 Å². The Bertz CT molecular complexity index is 326. The Balaban J connectivity index is 1.96. The molecule has 1 heterocycles. The molecule has 1 unspecified atom stereocenters. The summed E-state index contributed by atoms with van der Waals surface area (Å²) >= 11 is 5.85. The van der Waals surface area contributed by atoms with Crippen molar-refractivity contribution in [1.29, 1.82) is 0 Å². The maximum absolute atomic E-state index is 5.93. The van der Waals surface area contributed by atoms with Gasteiger partial charge in [-0.2, -0.15) is 0 Å². The number of anilines is 1. The van der Waals surface area contributed by atoms with Crippen LogP contribution in [0, 0.1) is 12.0 Å². The number of hydrogen-bond acceptors (Lipinski definition) is 2. The number of halogens is 1. The summed E-state index contributed by atoms with van der Waals surface area (Å²) in [5.74, 6) is 0.670. The van der Waals surface area contributed by atoms with Crippen LogP contribution in [0.15, 0.2) is 18.2 Å². The second-order valence-corrected chi connectivity index (χ2v) is 5.01. The molecule has 1 saturated heterocycles. The van der Waals surface area contributed by atoms with E-state index in [-0.39, 0.29) is 0 Å². The van der Waals surface area contributed by atoms with Crippen molar-refractivity contribution >= 4 is 17.3 Å². The van der Waals surface area contributed by atoms with Crippen LogP contribution >= 0.6 is 11.6 Å². The van der Waals surface area contributed by atoms with E-state index in [9.17, 15) is 0 Å². The lowest BCUT2D eigenvalue weighted by Crippen LogP contribution is -2.39. The molecule has 1 radical (unpaired) electrons. The summed E-state index contributed by atoms with van der Waals surface area (Å²) in [6, 6.07) is 9.32. The molecule has 1 fully saturated rings. The predicted octanol–water partition coefficient (Wildman–Crippen LogP) is 2.70. The van der Waals surface area contributed by atoms with Gasteiger partial charge in [0.15, 0.2) is 0 Å². The first-order chi connectivity index (χ1) is 7.66. The lowest BCUT2D eigenvalue weighted by Gasteiger charge is -2.35. The van der Waals surface area contributed by atoms with Gasteiger partial charge in [-0.15, -0.1) is 0 Å². The van der Waals surface area contributed by atoms with Crippen LogP contribution < -0.4 is 10.6 Å². The van der Waals surface area contributed by atoms with Crippen LogP contribution in [-0.4, -0.2) is 19.1 Å². The smallest absolute Gasteiger partial charge is 0.0447 e. The van der Waals surface area contributed by atoms with Crippen LogP contribution in [-0.2, 0) is 0 Å². The van der Waals surface area contributed by atoms with E-state index in [0.717, 1.165) is 23.8 Å². The van der Waals surface area contributed by atoms with Crippen molar-refractivity contribution < 1.29 is 0 Å². The summed E-state index contributed by atoms with van der Waals surface area (Å²) in [7, 11) is 0. The topological polar surface area (TPSA) is 29.3 Å². The molecule has 1 aromatic rings. The number of benzene rings is 1. The quantitative estimate of drug-likeness (QED) is 0.857. The Morgan fingerprint density at radius 2 is 2.12 bits per heavy atom. The van der Waals surface area contributed by atoms with E-state index in [2.05, 4.69) is 17.9 Å². The molecule has 1 aromatic carbocycles. The fraction of sp³-hybridized carbons (Fsp3) is 0.538. The Morgan fingerprint density at radius 1 is 1.44 bits per heavy atom. The molecule has 2 N–H and O–H groups in total. The second-order valence-electron chi connectivity index (χ2n) is 4.58. The number of nitrogens with two attached hydrogens (primary N) is 1. The first kappa shape index (κ1) is 11.7. The van der Waals surface area contributed by atoms with Crippen molar-refractivity contribution in [1.82, 2.24) is 0 Å². The van der Waals surface area contributed by atoms with Crippen LogP contribution in [0.1, 0.15) is 19.8 Å². The number of hydrogen-bond donors (Lipinski definition) is 1. The normalized spacial score (nSPS) is 19.8. The molecule has 1 aliphatic heterocycles. The molecule has 0 spiro atoms. The molecule has 2 rings (SSSR count). The van der Waals surface area contributed by atoms with Gasteiger partial charge in [-0.05, 0) is 43.9 Å². The first-order valence-electron chi connectivity index (χ1n) is 5.84. The molecule has 16 heavy (non-hydrogen) atoms. The van der Waals surface area contributed by atoms with Gasteiger partial charge >= 0.3 is 0 Å². The zero-order valence-electron chi connectivity index (χ0n) is 9.62. The second kappa shape index (κ2) is 5.07. The third kappa shape index (κ3) is 2.69. The minimum absolute atomic E-state index is 0.316. The summed E-state index contributed by atoms with van der Waals surface area (Å²) in [5.41, 5.74) is 7.07. The number of rotatable bonds is 2. The van der Waals surface area contributed by atoms with E-state index in [4.69, 9.17) is 17.3 Å². The van der Waals surface area contributed by atoms with Crippen LogP contribution in [0.2, 0.25) is 5.02 Å². The van der Waals surface area contributed by atoms with E-state index < -0.39 is 0 Å². The molecule has 1 atom stereocenters. The maximum Gasteiger partial charge on any atom is 0.0447 e. The number of piperidine rings is 1. The third-order valence-corrected chi connectivity index (χ3v) is 3.62. The minimum atomic E-state index is 0.316. The van der Waals surface area contributed by atoms with Gasteiger partial charge in [0.25, 0.3) is 0 Å². The molecule has 0 aliphatic carbocycles. The molecule has 2 nitrogen and oxygen atoms in total. The SMILES string of the molecule is CC(N)C1CCN(c2[c]cc(Cl)cc2)CC1. The van der Waals surface area contributed by atoms with E-state index in [1.807, 2.05) is 18.2 Å². The predicted molar refractivity (Wildman–Crippen MR) is 68.9 cm³/mol. The molecule has 87 valence electrons. The molecule has 0 saturated carbocycles. The van der Waals surface area contributed by atoms with E-state index in [1.165, 1.54) is 12.8 Å².